The van der Waals surface area contributed by atoms with E-state index in [2.05, 4.69) is 24.4 Å². The average molecular weight is 275 g/mol. The van der Waals surface area contributed by atoms with Gasteiger partial charge in [-0.25, -0.2) is 0 Å². The lowest BCUT2D eigenvalue weighted by atomic mass is 9.85. The molecule has 3 nitrogen and oxygen atoms in total. The van der Waals surface area contributed by atoms with Crippen molar-refractivity contribution in [3.8, 4) is 11.5 Å². The molecule has 0 aromatic heterocycles. The van der Waals surface area contributed by atoms with Crippen LogP contribution in [0, 0.1) is 0 Å². The lowest BCUT2D eigenvalue weighted by Crippen LogP contribution is -2.42. The van der Waals surface area contributed by atoms with Gasteiger partial charge >= 0.3 is 0 Å². The molecule has 0 radical (unpaired) electrons. The molecular weight excluding hydrogens is 250 g/mol. The van der Waals surface area contributed by atoms with E-state index in [1.165, 1.54) is 31.2 Å². The van der Waals surface area contributed by atoms with Crippen LogP contribution < -0.4 is 14.8 Å². The minimum absolute atomic E-state index is 0.0602. The van der Waals surface area contributed by atoms with Gasteiger partial charge in [-0.3, -0.25) is 0 Å². The smallest absolute Gasteiger partial charge is 0.128 e. The molecule has 0 amide bonds. The second-order valence-corrected chi connectivity index (χ2v) is 5.91. The molecule has 20 heavy (non-hydrogen) atoms. The highest BCUT2D eigenvalue weighted by Crippen LogP contribution is 2.49. The summed E-state index contributed by atoms with van der Waals surface area (Å²) in [6, 6.07) is 6.55. The van der Waals surface area contributed by atoms with E-state index < -0.39 is 0 Å². The van der Waals surface area contributed by atoms with Gasteiger partial charge in [0.25, 0.3) is 0 Å². The molecule has 1 fully saturated rings. The number of benzene rings is 1. The molecule has 1 N–H and O–H groups in total. The summed E-state index contributed by atoms with van der Waals surface area (Å²) in [5.41, 5.74) is 1.28. The van der Waals surface area contributed by atoms with Crippen molar-refractivity contribution in [3.05, 3.63) is 23.8 Å². The maximum atomic E-state index is 6.42. The zero-order valence-electron chi connectivity index (χ0n) is 12.6. The quantitative estimate of drug-likeness (QED) is 0.906. The fourth-order valence-corrected chi connectivity index (χ4v) is 3.73. The second kappa shape index (κ2) is 5.65. The van der Waals surface area contributed by atoms with E-state index in [0.717, 1.165) is 24.5 Å². The van der Waals surface area contributed by atoms with Crippen LogP contribution in [0.1, 0.15) is 57.6 Å². The van der Waals surface area contributed by atoms with Crippen molar-refractivity contribution in [1.29, 1.82) is 0 Å². The number of ether oxygens (including phenoxy) is 2. The second-order valence-electron chi connectivity index (χ2n) is 5.91. The van der Waals surface area contributed by atoms with Gasteiger partial charge in [-0.15, -0.1) is 0 Å². The van der Waals surface area contributed by atoms with Gasteiger partial charge < -0.3 is 14.8 Å². The van der Waals surface area contributed by atoms with Gasteiger partial charge in [0.05, 0.1) is 12.2 Å². The molecular formula is C17H25NO2. The van der Waals surface area contributed by atoms with Crippen molar-refractivity contribution in [2.24, 2.45) is 0 Å². The number of nitrogens with one attached hydrogen (secondary N) is 1. The van der Waals surface area contributed by atoms with E-state index in [4.69, 9.17) is 9.47 Å². The fraction of sp³-hybridized carbons (Fsp3) is 0.647. The highest BCUT2D eigenvalue weighted by molar-refractivity contribution is 5.49. The Balaban J connectivity index is 1.98. The molecule has 1 heterocycles. The summed E-state index contributed by atoms with van der Waals surface area (Å²) < 4.78 is 12.2. The van der Waals surface area contributed by atoms with Crippen molar-refractivity contribution in [1.82, 2.24) is 5.32 Å². The summed E-state index contributed by atoms with van der Waals surface area (Å²) in [7, 11) is 0. The minimum Gasteiger partial charge on any atom is -0.493 e. The number of hydrogen-bond donors (Lipinski definition) is 1. The summed E-state index contributed by atoms with van der Waals surface area (Å²) in [6.45, 7) is 5.87. The minimum atomic E-state index is 0.0602. The van der Waals surface area contributed by atoms with Crippen molar-refractivity contribution in [2.75, 3.05) is 13.2 Å². The summed E-state index contributed by atoms with van der Waals surface area (Å²) >= 11 is 0. The Morgan fingerprint density at radius 1 is 1.30 bits per heavy atom. The topological polar surface area (TPSA) is 30.5 Å². The van der Waals surface area contributed by atoms with Crippen LogP contribution in [0.3, 0.4) is 0 Å². The molecule has 1 atom stereocenters. The first-order valence-corrected chi connectivity index (χ1v) is 7.96. The molecule has 1 aliphatic heterocycles. The van der Waals surface area contributed by atoms with Crippen LogP contribution in [0.25, 0.3) is 0 Å². The van der Waals surface area contributed by atoms with Crippen LogP contribution in [-0.4, -0.2) is 18.8 Å². The average Bonchev–Trinajstić information content (AvgIpc) is 2.87. The monoisotopic (exact) mass is 275 g/mol. The predicted octanol–water partition coefficient (Wildman–Crippen LogP) is 3.83. The SMILES string of the molecule is CCNC1CC2(CCCC2)Oc2cccc(OCC)c21. The fourth-order valence-electron chi connectivity index (χ4n) is 3.73. The van der Waals surface area contributed by atoms with E-state index in [0.29, 0.717) is 12.6 Å². The highest BCUT2D eigenvalue weighted by Gasteiger charge is 2.43. The third-order valence-corrected chi connectivity index (χ3v) is 4.54. The zero-order valence-corrected chi connectivity index (χ0v) is 12.6. The predicted molar refractivity (Wildman–Crippen MR) is 80.5 cm³/mol. The summed E-state index contributed by atoms with van der Waals surface area (Å²) in [6.07, 6.45) is 6.02. The zero-order chi connectivity index (χ0) is 14.0. The normalized spacial score (nSPS) is 23.4. The molecule has 0 saturated heterocycles. The number of fused-ring (bicyclic) bond motifs is 1. The lowest BCUT2D eigenvalue weighted by Gasteiger charge is -2.40. The number of rotatable bonds is 4. The van der Waals surface area contributed by atoms with Crippen molar-refractivity contribution < 1.29 is 9.47 Å². The standard InChI is InChI=1S/C17H25NO2/c1-3-18-13-12-17(10-5-6-11-17)20-15-9-7-8-14(16(13)15)19-4-2/h7-9,13,18H,3-6,10-12H2,1-2H3. The molecule has 3 heteroatoms. The molecule has 1 aromatic rings. The Hall–Kier alpha value is -1.22. The van der Waals surface area contributed by atoms with Gasteiger partial charge in [0.2, 0.25) is 0 Å². The molecule has 1 aliphatic carbocycles. The summed E-state index contributed by atoms with van der Waals surface area (Å²) in [5.74, 6) is 2.00. The van der Waals surface area contributed by atoms with Crippen LogP contribution in [0.2, 0.25) is 0 Å². The van der Waals surface area contributed by atoms with Crippen LogP contribution in [-0.2, 0) is 0 Å². The van der Waals surface area contributed by atoms with Crippen LogP contribution >= 0.6 is 0 Å². The van der Waals surface area contributed by atoms with Gasteiger partial charge in [-0.2, -0.15) is 0 Å². The third kappa shape index (κ3) is 2.39. The van der Waals surface area contributed by atoms with Crippen molar-refractivity contribution in [2.45, 2.75) is 57.6 Å². The molecule has 1 spiro atoms. The van der Waals surface area contributed by atoms with Crippen LogP contribution in [0.15, 0.2) is 18.2 Å². The van der Waals surface area contributed by atoms with E-state index in [1.807, 2.05) is 13.0 Å². The highest BCUT2D eigenvalue weighted by atomic mass is 16.5. The molecule has 1 aromatic carbocycles. The van der Waals surface area contributed by atoms with E-state index in [-0.39, 0.29) is 5.60 Å². The number of hydrogen-bond acceptors (Lipinski definition) is 3. The van der Waals surface area contributed by atoms with Gasteiger partial charge in [-0.1, -0.05) is 13.0 Å². The Kier molecular flexibility index (Phi) is 3.88. The maximum Gasteiger partial charge on any atom is 0.128 e. The van der Waals surface area contributed by atoms with Gasteiger partial charge in [0, 0.05) is 12.5 Å². The third-order valence-electron chi connectivity index (χ3n) is 4.54. The van der Waals surface area contributed by atoms with E-state index in [1.54, 1.807) is 0 Å². The largest absolute Gasteiger partial charge is 0.493 e. The maximum absolute atomic E-state index is 6.42. The Morgan fingerprint density at radius 2 is 2.10 bits per heavy atom. The lowest BCUT2D eigenvalue weighted by molar-refractivity contribution is 0.0358. The molecule has 110 valence electrons. The van der Waals surface area contributed by atoms with E-state index in [9.17, 15) is 0 Å². The molecule has 3 rings (SSSR count). The van der Waals surface area contributed by atoms with Crippen molar-refractivity contribution >= 4 is 0 Å². The Morgan fingerprint density at radius 3 is 2.80 bits per heavy atom. The molecule has 0 bridgehead atoms. The van der Waals surface area contributed by atoms with Crippen LogP contribution in [0.4, 0.5) is 0 Å². The summed E-state index contributed by atoms with van der Waals surface area (Å²) in [5, 5.41) is 3.63. The van der Waals surface area contributed by atoms with E-state index >= 15 is 0 Å². The Labute approximate surface area is 121 Å². The van der Waals surface area contributed by atoms with Crippen LogP contribution in [0.5, 0.6) is 11.5 Å². The molecule has 1 unspecified atom stereocenters. The summed E-state index contributed by atoms with van der Waals surface area (Å²) in [4.78, 5) is 0. The van der Waals surface area contributed by atoms with Crippen molar-refractivity contribution in [3.63, 3.8) is 0 Å². The molecule has 2 aliphatic rings. The van der Waals surface area contributed by atoms with Gasteiger partial charge in [0.15, 0.2) is 0 Å². The Bertz CT molecular complexity index is 466. The molecule has 1 saturated carbocycles. The first kappa shape index (κ1) is 13.7. The first-order valence-electron chi connectivity index (χ1n) is 7.96. The van der Waals surface area contributed by atoms with Gasteiger partial charge in [-0.05, 0) is 51.3 Å². The first-order chi connectivity index (χ1) is 9.78. The van der Waals surface area contributed by atoms with Gasteiger partial charge in [0.1, 0.15) is 17.1 Å².